The Labute approximate surface area is 112 Å². The number of carbonyl (C=O) groups excluding carboxylic acids is 1. The van der Waals surface area contributed by atoms with Crippen LogP contribution < -0.4 is 4.74 Å². The molecule has 0 saturated heterocycles. The second-order valence-electron chi connectivity index (χ2n) is 4.80. The lowest BCUT2D eigenvalue weighted by Gasteiger charge is -2.39. The van der Waals surface area contributed by atoms with Gasteiger partial charge in [0.15, 0.2) is 0 Å². The van der Waals surface area contributed by atoms with Crippen LogP contribution in [0.25, 0.3) is 0 Å². The predicted octanol–water partition coefficient (Wildman–Crippen LogP) is 3.68. The molecule has 0 radical (unpaired) electrons. The highest BCUT2D eigenvalue weighted by molar-refractivity contribution is 6.33. The summed E-state index contributed by atoms with van der Waals surface area (Å²) in [5, 5.41) is 0.602. The van der Waals surface area contributed by atoms with Gasteiger partial charge in [0.25, 0.3) is 0 Å². The topological polar surface area (TPSA) is 38.7 Å². The molecule has 1 aliphatic rings. The van der Waals surface area contributed by atoms with E-state index in [1.165, 1.54) is 0 Å². The quantitative estimate of drug-likeness (QED) is 0.618. The van der Waals surface area contributed by atoms with Crippen LogP contribution in [0, 0.1) is 13.8 Å². The summed E-state index contributed by atoms with van der Waals surface area (Å²) < 4.78 is 5.25. The molecule has 0 heterocycles. The number of rotatable bonds is 3. The zero-order valence-corrected chi connectivity index (χ0v) is 11.6. The Hall–Kier alpha value is -1.31. The molecule has 0 atom stereocenters. The zero-order valence-electron chi connectivity index (χ0n) is 10.8. The van der Waals surface area contributed by atoms with Crippen LogP contribution in [0.1, 0.15) is 36.0 Å². The van der Waals surface area contributed by atoms with E-state index < -0.39 is 5.54 Å². The smallest absolute Gasteiger partial charge is 0.235 e. The van der Waals surface area contributed by atoms with Gasteiger partial charge in [0.2, 0.25) is 6.08 Å². The Balaban J connectivity index is 2.64. The third-order valence-electron chi connectivity index (χ3n) is 3.79. The minimum absolute atomic E-state index is 0.411. The lowest BCUT2D eigenvalue weighted by Crippen LogP contribution is -2.33. The summed E-state index contributed by atoms with van der Waals surface area (Å²) >= 11 is 6.29. The Morgan fingerprint density at radius 3 is 2.56 bits per heavy atom. The molecule has 4 heteroatoms. The monoisotopic (exact) mass is 265 g/mol. The molecule has 0 N–H and O–H groups in total. The zero-order chi connectivity index (χ0) is 13.3. The van der Waals surface area contributed by atoms with Crippen molar-refractivity contribution < 1.29 is 9.53 Å². The standard InChI is InChI=1S/C14H16ClNO2/c1-9-7-11(18-3)13(15)10(2)12(9)14(16-8-17)5-4-6-14/h7H,4-6H2,1-3H3. The number of nitrogens with zero attached hydrogens (tertiary/aromatic N) is 1. The average Bonchev–Trinajstić information content (AvgIpc) is 2.30. The van der Waals surface area contributed by atoms with Crippen molar-refractivity contribution in [1.82, 2.24) is 0 Å². The molecule has 0 spiro atoms. The number of hydrogen-bond acceptors (Lipinski definition) is 3. The van der Waals surface area contributed by atoms with Gasteiger partial charge >= 0.3 is 0 Å². The number of aliphatic imine (C=N–C) groups is 1. The Morgan fingerprint density at radius 2 is 2.11 bits per heavy atom. The van der Waals surface area contributed by atoms with Crippen molar-refractivity contribution in [2.45, 2.75) is 38.6 Å². The number of halogens is 1. The third-order valence-corrected chi connectivity index (χ3v) is 4.26. The fourth-order valence-electron chi connectivity index (χ4n) is 2.80. The molecule has 1 aliphatic carbocycles. The molecular weight excluding hydrogens is 250 g/mol. The van der Waals surface area contributed by atoms with Crippen molar-refractivity contribution in [1.29, 1.82) is 0 Å². The minimum atomic E-state index is -0.411. The molecule has 1 fully saturated rings. The van der Waals surface area contributed by atoms with Gasteiger partial charge in [-0.15, -0.1) is 0 Å². The maximum atomic E-state index is 10.7. The highest BCUT2D eigenvalue weighted by atomic mass is 35.5. The summed E-state index contributed by atoms with van der Waals surface area (Å²) in [7, 11) is 1.60. The van der Waals surface area contributed by atoms with Crippen molar-refractivity contribution in [2.24, 2.45) is 4.99 Å². The number of aryl methyl sites for hydroxylation is 1. The molecule has 96 valence electrons. The van der Waals surface area contributed by atoms with Crippen LogP contribution >= 0.6 is 11.6 Å². The number of isocyanates is 1. The van der Waals surface area contributed by atoms with Gasteiger partial charge in [0.05, 0.1) is 17.7 Å². The average molecular weight is 266 g/mol. The first kappa shape index (κ1) is 13.1. The van der Waals surface area contributed by atoms with E-state index in [2.05, 4.69) is 4.99 Å². The lowest BCUT2D eigenvalue weighted by atomic mass is 9.69. The van der Waals surface area contributed by atoms with E-state index in [0.717, 1.165) is 36.0 Å². The van der Waals surface area contributed by atoms with Crippen molar-refractivity contribution in [3.63, 3.8) is 0 Å². The Morgan fingerprint density at radius 1 is 1.44 bits per heavy atom. The number of benzene rings is 1. The minimum Gasteiger partial charge on any atom is -0.495 e. The van der Waals surface area contributed by atoms with Crippen molar-refractivity contribution >= 4 is 17.7 Å². The second kappa shape index (κ2) is 4.75. The summed E-state index contributed by atoms with van der Waals surface area (Å²) in [6, 6.07) is 1.91. The highest BCUT2D eigenvalue weighted by Gasteiger charge is 2.41. The van der Waals surface area contributed by atoms with Crippen molar-refractivity contribution in [3.05, 3.63) is 27.8 Å². The summed E-state index contributed by atoms with van der Waals surface area (Å²) in [4.78, 5) is 14.7. The van der Waals surface area contributed by atoms with Crippen LogP contribution in [0.2, 0.25) is 5.02 Å². The SMILES string of the molecule is COc1cc(C)c(C2(N=C=O)CCC2)c(C)c1Cl. The summed E-state index contributed by atoms with van der Waals surface area (Å²) in [5.41, 5.74) is 2.66. The van der Waals surface area contributed by atoms with Gasteiger partial charge in [-0.3, -0.25) is 0 Å². The van der Waals surface area contributed by atoms with Gasteiger partial charge in [-0.05, 0) is 55.9 Å². The third kappa shape index (κ3) is 1.84. The predicted molar refractivity (Wildman–Crippen MR) is 71.1 cm³/mol. The summed E-state index contributed by atoms with van der Waals surface area (Å²) in [6.45, 7) is 3.95. The molecule has 1 saturated carbocycles. The van der Waals surface area contributed by atoms with Gasteiger partial charge in [0.1, 0.15) is 5.75 Å². The van der Waals surface area contributed by atoms with E-state index >= 15 is 0 Å². The molecular formula is C14H16ClNO2. The van der Waals surface area contributed by atoms with E-state index in [0.29, 0.717) is 10.8 Å². The van der Waals surface area contributed by atoms with E-state index in [9.17, 15) is 4.79 Å². The number of ether oxygens (including phenoxy) is 1. The largest absolute Gasteiger partial charge is 0.495 e. The van der Waals surface area contributed by atoms with Crippen LogP contribution in [-0.4, -0.2) is 13.2 Å². The molecule has 3 nitrogen and oxygen atoms in total. The van der Waals surface area contributed by atoms with E-state index in [1.807, 2.05) is 19.9 Å². The summed E-state index contributed by atoms with van der Waals surface area (Å²) in [5.74, 6) is 0.667. The molecule has 2 rings (SSSR count). The first-order valence-corrected chi connectivity index (χ1v) is 6.37. The normalized spacial score (nSPS) is 16.7. The van der Waals surface area contributed by atoms with Crippen molar-refractivity contribution in [3.8, 4) is 5.75 Å². The molecule has 0 bridgehead atoms. The van der Waals surface area contributed by atoms with E-state index in [1.54, 1.807) is 13.2 Å². The van der Waals surface area contributed by atoms with Crippen molar-refractivity contribution in [2.75, 3.05) is 7.11 Å². The number of methoxy groups -OCH3 is 1. The molecule has 0 amide bonds. The van der Waals surface area contributed by atoms with Gasteiger partial charge in [0, 0.05) is 0 Å². The first-order valence-electron chi connectivity index (χ1n) is 5.99. The van der Waals surface area contributed by atoms with Gasteiger partial charge in [-0.25, -0.2) is 4.79 Å². The van der Waals surface area contributed by atoms with E-state index in [-0.39, 0.29) is 0 Å². The van der Waals surface area contributed by atoms with Crippen LogP contribution in [-0.2, 0) is 10.3 Å². The molecule has 1 aromatic carbocycles. The van der Waals surface area contributed by atoms with Gasteiger partial charge in [-0.2, -0.15) is 4.99 Å². The fraction of sp³-hybridized carbons (Fsp3) is 0.500. The second-order valence-corrected chi connectivity index (χ2v) is 5.18. The molecule has 0 aromatic heterocycles. The van der Waals surface area contributed by atoms with Crippen LogP contribution in [0.15, 0.2) is 11.1 Å². The molecule has 0 aliphatic heterocycles. The molecule has 1 aromatic rings. The molecule has 18 heavy (non-hydrogen) atoms. The van der Waals surface area contributed by atoms with Gasteiger partial charge < -0.3 is 4.74 Å². The number of hydrogen-bond donors (Lipinski definition) is 0. The molecule has 0 unspecified atom stereocenters. The fourth-order valence-corrected chi connectivity index (χ4v) is 3.03. The lowest BCUT2D eigenvalue weighted by molar-refractivity contribution is 0.253. The maximum Gasteiger partial charge on any atom is 0.235 e. The van der Waals surface area contributed by atoms with Gasteiger partial charge in [-0.1, -0.05) is 11.6 Å². The Kier molecular flexibility index (Phi) is 3.47. The summed E-state index contributed by atoms with van der Waals surface area (Å²) in [6.07, 6.45) is 4.55. The highest BCUT2D eigenvalue weighted by Crippen LogP contribution is 2.49. The van der Waals surface area contributed by atoms with E-state index in [4.69, 9.17) is 16.3 Å². The van der Waals surface area contributed by atoms with Crippen LogP contribution in [0.3, 0.4) is 0 Å². The van der Waals surface area contributed by atoms with Crippen LogP contribution in [0.4, 0.5) is 0 Å². The van der Waals surface area contributed by atoms with Crippen LogP contribution in [0.5, 0.6) is 5.75 Å². The Bertz CT molecular complexity index is 529. The first-order chi connectivity index (χ1) is 8.55. The maximum absolute atomic E-state index is 10.7.